The van der Waals surface area contributed by atoms with Gasteiger partial charge in [0.25, 0.3) is 5.91 Å². The second-order valence-corrected chi connectivity index (χ2v) is 8.12. The molecule has 3 aromatic carbocycles. The third-order valence-electron chi connectivity index (χ3n) is 6.37. The van der Waals surface area contributed by atoms with E-state index in [1.165, 1.54) is 27.1 Å². The van der Waals surface area contributed by atoms with E-state index in [4.69, 9.17) is 0 Å². The van der Waals surface area contributed by atoms with Crippen LogP contribution in [0.25, 0.3) is 27.6 Å². The molecule has 0 fully saturated rings. The molecule has 2 unspecified atom stereocenters. The summed E-state index contributed by atoms with van der Waals surface area (Å²) in [6, 6.07) is 18.3. The Bertz CT molecular complexity index is 1200. The van der Waals surface area contributed by atoms with Gasteiger partial charge >= 0.3 is 29.6 Å². The number of carbonyl (C=O) groups is 2. The van der Waals surface area contributed by atoms with Gasteiger partial charge in [-0.05, 0) is 45.9 Å². The van der Waals surface area contributed by atoms with E-state index >= 15 is 0 Å². The van der Waals surface area contributed by atoms with Gasteiger partial charge in [-0.15, -0.1) is 0 Å². The molecule has 1 aliphatic rings. The minimum Gasteiger partial charge on any atom is -0.846 e. The van der Waals surface area contributed by atoms with Crippen LogP contribution in [0.3, 0.4) is 0 Å². The number of carbonyl (C=O) groups excluding carboxylic acids is 2. The predicted octanol–water partition coefficient (Wildman–Crippen LogP) is 1.83. The standard InChI is InChI=1S/C16H12.C11H18N2O3.Na/c1-2-12-7-5-9-16-14-8-4-3-6-13(14)10-11-15(12)16;1-4-6-7(3)11(5-2)8(14)12-10(16)13-9(11)15;/h2-11H,1H2;7H,4-6H2,1-3H3,(H2,12,13,14,15,16);/q;;+1/p-1. The Kier molecular flexibility index (Phi) is 9.41. The van der Waals surface area contributed by atoms with Crippen LogP contribution in [-0.4, -0.2) is 17.8 Å². The Morgan fingerprint density at radius 2 is 1.73 bits per heavy atom. The van der Waals surface area contributed by atoms with Crippen molar-refractivity contribution < 1.29 is 44.3 Å². The number of hydrogen-bond donors (Lipinski definition) is 1. The fraction of sp³-hybridized carbons (Fsp3) is 0.296. The minimum absolute atomic E-state index is 0. The summed E-state index contributed by atoms with van der Waals surface area (Å²) in [5, 5.41) is 18.2. The molecule has 1 heterocycles. The maximum absolute atomic E-state index is 11.9. The van der Waals surface area contributed by atoms with Crippen molar-refractivity contribution in [3.63, 3.8) is 0 Å². The Morgan fingerprint density at radius 3 is 2.36 bits per heavy atom. The molecule has 5 nitrogen and oxygen atoms in total. The van der Waals surface area contributed by atoms with E-state index in [1.54, 1.807) is 6.92 Å². The fourth-order valence-electron chi connectivity index (χ4n) is 4.54. The zero-order chi connectivity index (χ0) is 23.3. The third kappa shape index (κ3) is 5.21. The molecule has 2 amide bonds. The van der Waals surface area contributed by atoms with E-state index < -0.39 is 23.3 Å². The molecule has 33 heavy (non-hydrogen) atoms. The second kappa shape index (κ2) is 11.6. The van der Waals surface area contributed by atoms with Crippen LogP contribution in [-0.2, 0) is 9.59 Å². The van der Waals surface area contributed by atoms with Crippen molar-refractivity contribution in [1.29, 1.82) is 0 Å². The monoisotopic (exact) mass is 452 g/mol. The number of amides is 2. The number of amidine groups is 1. The first-order valence-electron chi connectivity index (χ1n) is 11.0. The molecule has 166 valence electrons. The van der Waals surface area contributed by atoms with E-state index in [-0.39, 0.29) is 35.5 Å². The summed E-state index contributed by atoms with van der Waals surface area (Å²) in [7, 11) is 0. The SMILES string of the molecule is C=Cc1cccc2c1ccc1ccccc12.CCCC(C)C1(CC)C(=O)N=C([O-])NC1=O.[Na+]. The maximum atomic E-state index is 11.9. The van der Waals surface area contributed by atoms with Crippen molar-refractivity contribution >= 4 is 45.5 Å². The summed E-state index contributed by atoms with van der Waals surface area (Å²) in [4.78, 5) is 27.1. The van der Waals surface area contributed by atoms with Crippen LogP contribution in [0.1, 0.15) is 45.6 Å². The summed E-state index contributed by atoms with van der Waals surface area (Å²) in [6.45, 7) is 9.48. The molecular weight excluding hydrogens is 423 g/mol. The molecular formula is C27H29N2NaO3. The number of nitrogens with zero attached hydrogens (tertiary/aromatic N) is 1. The van der Waals surface area contributed by atoms with E-state index in [0.29, 0.717) is 6.42 Å². The van der Waals surface area contributed by atoms with E-state index in [0.717, 1.165) is 12.8 Å². The van der Waals surface area contributed by atoms with Gasteiger partial charge < -0.3 is 10.4 Å². The topological polar surface area (TPSA) is 81.6 Å². The number of hydrogen-bond acceptors (Lipinski definition) is 3. The summed E-state index contributed by atoms with van der Waals surface area (Å²) >= 11 is 0. The smallest absolute Gasteiger partial charge is 0.846 e. The minimum atomic E-state index is -1.15. The molecule has 2 atom stereocenters. The third-order valence-corrected chi connectivity index (χ3v) is 6.37. The van der Waals surface area contributed by atoms with Crippen molar-refractivity contribution in [3.05, 3.63) is 66.7 Å². The molecule has 3 aromatic rings. The first kappa shape index (κ1) is 26.8. The molecule has 1 aliphatic heterocycles. The largest absolute Gasteiger partial charge is 1.00 e. The van der Waals surface area contributed by atoms with Crippen molar-refractivity contribution in [2.24, 2.45) is 16.3 Å². The quantitative estimate of drug-likeness (QED) is 0.364. The van der Waals surface area contributed by atoms with E-state index in [2.05, 4.69) is 71.5 Å². The predicted molar refractivity (Wildman–Crippen MR) is 129 cm³/mol. The van der Waals surface area contributed by atoms with E-state index in [9.17, 15) is 14.7 Å². The molecule has 0 bridgehead atoms. The summed E-state index contributed by atoms with van der Waals surface area (Å²) < 4.78 is 0. The zero-order valence-electron chi connectivity index (χ0n) is 19.9. The van der Waals surface area contributed by atoms with Crippen LogP contribution in [0.5, 0.6) is 0 Å². The van der Waals surface area contributed by atoms with Crippen LogP contribution in [0.4, 0.5) is 0 Å². The van der Waals surface area contributed by atoms with Crippen LogP contribution >= 0.6 is 0 Å². The van der Waals surface area contributed by atoms with Crippen molar-refractivity contribution in [3.8, 4) is 0 Å². The first-order valence-corrected chi connectivity index (χ1v) is 11.0. The Labute approximate surface area is 217 Å². The van der Waals surface area contributed by atoms with E-state index in [1.807, 2.05) is 19.9 Å². The first-order chi connectivity index (χ1) is 15.4. The van der Waals surface area contributed by atoms with Gasteiger partial charge in [-0.3, -0.25) is 9.59 Å². The second-order valence-electron chi connectivity index (χ2n) is 8.12. The Hall–Kier alpha value is -2.47. The Morgan fingerprint density at radius 1 is 1.03 bits per heavy atom. The molecule has 0 aromatic heterocycles. The molecule has 0 spiro atoms. The average molecular weight is 453 g/mol. The fourth-order valence-corrected chi connectivity index (χ4v) is 4.54. The number of benzene rings is 3. The normalized spacial score (nSPS) is 18.5. The van der Waals surface area contributed by atoms with Gasteiger partial charge in [0.05, 0.1) is 6.02 Å². The van der Waals surface area contributed by atoms with Gasteiger partial charge in [-0.2, -0.15) is 0 Å². The van der Waals surface area contributed by atoms with Gasteiger partial charge in [-0.1, -0.05) is 94.4 Å². The molecule has 4 rings (SSSR count). The van der Waals surface area contributed by atoms with Gasteiger partial charge in [0, 0.05) is 0 Å². The van der Waals surface area contributed by atoms with Gasteiger partial charge in [0.2, 0.25) is 5.91 Å². The maximum Gasteiger partial charge on any atom is 1.00 e. The van der Waals surface area contributed by atoms with Gasteiger partial charge in [0.15, 0.2) is 0 Å². The molecule has 6 heteroatoms. The molecule has 0 radical (unpaired) electrons. The van der Waals surface area contributed by atoms with Crippen LogP contribution < -0.4 is 40.0 Å². The summed E-state index contributed by atoms with van der Waals surface area (Å²) in [5.74, 6) is -1.20. The van der Waals surface area contributed by atoms with Gasteiger partial charge in [0.1, 0.15) is 5.41 Å². The van der Waals surface area contributed by atoms with Crippen LogP contribution in [0, 0.1) is 11.3 Å². The molecule has 0 saturated heterocycles. The number of aliphatic imine (C=N–C) groups is 1. The number of fused-ring (bicyclic) bond motifs is 3. The molecule has 0 aliphatic carbocycles. The zero-order valence-corrected chi connectivity index (χ0v) is 21.9. The number of rotatable bonds is 5. The van der Waals surface area contributed by atoms with Crippen molar-refractivity contribution in [1.82, 2.24) is 5.32 Å². The summed E-state index contributed by atoms with van der Waals surface area (Å²) in [5.41, 5.74) is 0.0486. The Balaban J connectivity index is 0.000000227. The van der Waals surface area contributed by atoms with Crippen molar-refractivity contribution in [2.45, 2.75) is 40.0 Å². The van der Waals surface area contributed by atoms with Crippen LogP contribution in [0.2, 0.25) is 0 Å². The molecule has 1 N–H and O–H groups in total. The van der Waals surface area contributed by atoms with Crippen molar-refractivity contribution in [2.75, 3.05) is 0 Å². The average Bonchev–Trinajstić information content (AvgIpc) is 2.79. The van der Waals surface area contributed by atoms with Crippen LogP contribution in [0.15, 0.2) is 66.2 Å². The number of nitrogens with one attached hydrogen (secondary N) is 1. The van der Waals surface area contributed by atoms with Gasteiger partial charge in [-0.25, -0.2) is 4.99 Å². The summed E-state index contributed by atoms with van der Waals surface area (Å²) in [6.07, 6.45) is 3.93. The molecule has 0 saturated carbocycles.